The molecule has 0 aliphatic heterocycles. The van der Waals surface area contributed by atoms with Gasteiger partial charge in [0.15, 0.2) is 0 Å². The minimum absolute atomic E-state index is 0.154. The fraction of sp³-hybridized carbons (Fsp3) is 0.286. The van der Waals surface area contributed by atoms with Crippen LogP contribution in [0.15, 0.2) is 28.7 Å². The predicted molar refractivity (Wildman–Crippen MR) is 78.0 cm³/mol. The van der Waals surface area contributed by atoms with Crippen molar-refractivity contribution in [3.05, 3.63) is 45.7 Å². The minimum atomic E-state index is -1.00. The van der Waals surface area contributed by atoms with E-state index in [4.69, 9.17) is 9.84 Å². The highest BCUT2D eigenvalue weighted by molar-refractivity contribution is 9.10. The van der Waals surface area contributed by atoms with Crippen LogP contribution in [0.3, 0.4) is 0 Å². The monoisotopic (exact) mass is 338 g/mol. The summed E-state index contributed by atoms with van der Waals surface area (Å²) in [5.41, 5.74) is 1.99. The first-order valence-electron chi connectivity index (χ1n) is 6.20. The number of benzene rings is 1. The van der Waals surface area contributed by atoms with E-state index in [1.54, 1.807) is 22.9 Å². The standard InChI is InChI=1S/C14H15BrN2O3/c1-3-10-13(15)11(17(2)16-10)8-20-12-7-5-4-6-9(12)14(18)19/h4-7H,3,8H2,1-2H3,(H,18,19). The Morgan fingerprint density at radius 1 is 1.45 bits per heavy atom. The number of aromatic nitrogens is 2. The Hall–Kier alpha value is -1.82. The summed E-state index contributed by atoms with van der Waals surface area (Å²) < 4.78 is 8.29. The molecule has 0 atom stereocenters. The average Bonchev–Trinajstić information content (AvgIpc) is 2.71. The maximum Gasteiger partial charge on any atom is 0.339 e. The molecular weight excluding hydrogens is 324 g/mol. The molecule has 1 aromatic heterocycles. The van der Waals surface area contributed by atoms with E-state index in [-0.39, 0.29) is 12.2 Å². The van der Waals surface area contributed by atoms with Gasteiger partial charge in [0.2, 0.25) is 0 Å². The van der Waals surface area contributed by atoms with E-state index < -0.39 is 5.97 Å². The third-order valence-corrected chi connectivity index (χ3v) is 3.90. The van der Waals surface area contributed by atoms with Crippen molar-refractivity contribution in [2.45, 2.75) is 20.0 Å². The molecule has 2 rings (SSSR count). The maximum absolute atomic E-state index is 11.1. The largest absolute Gasteiger partial charge is 0.486 e. The van der Waals surface area contributed by atoms with Crippen LogP contribution in [-0.2, 0) is 20.1 Å². The number of hydrogen-bond acceptors (Lipinski definition) is 3. The fourth-order valence-corrected chi connectivity index (χ4v) is 2.62. The summed E-state index contributed by atoms with van der Waals surface area (Å²) in [7, 11) is 1.84. The van der Waals surface area contributed by atoms with Crippen LogP contribution >= 0.6 is 15.9 Å². The normalized spacial score (nSPS) is 10.6. The van der Waals surface area contributed by atoms with Gasteiger partial charge in [0.25, 0.3) is 0 Å². The highest BCUT2D eigenvalue weighted by atomic mass is 79.9. The third-order valence-electron chi connectivity index (χ3n) is 2.98. The summed E-state index contributed by atoms with van der Waals surface area (Å²) in [6.45, 7) is 2.28. The molecular formula is C14H15BrN2O3. The molecule has 5 nitrogen and oxygen atoms in total. The van der Waals surface area contributed by atoms with Gasteiger partial charge in [-0.1, -0.05) is 19.1 Å². The van der Waals surface area contributed by atoms with Gasteiger partial charge >= 0.3 is 5.97 Å². The number of hydrogen-bond donors (Lipinski definition) is 1. The molecule has 0 saturated heterocycles. The Morgan fingerprint density at radius 3 is 2.75 bits per heavy atom. The van der Waals surface area contributed by atoms with Crippen molar-refractivity contribution in [3.63, 3.8) is 0 Å². The van der Waals surface area contributed by atoms with Gasteiger partial charge in [0.05, 0.1) is 15.9 Å². The molecule has 20 heavy (non-hydrogen) atoms. The quantitative estimate of drug-likeness (QED) is 0.909. The second-order valence-corrected chi connectivity index (χ2v) is 5.07. The van der Waals surface area contributed by atoms with Gasteiger partial charge in [-0.25, -0.2) is 4.79 Å². The zero-order chi connectivity index (χ0) is 14.7. The first-order chi connectivity index (χ1) is 9.54. The highest BCUT2D eigenvalue weighted by Gasteiger charge is 2.15. The van der Waals surface area contributed by atoms with Gasteiger partial charge < -0.3 is 9.84 Å². The maximum atomic E-state index is 11.1. The van der Waals surface area contributed by atoms with Crippen molar-refractivity contribution in [2.24, 2.45) is 7.05 Å². The molecule has 0 amide bonds. The van der Waals surface area contributed by atoms with Gasteiger partial charge in [0.1, 0.15) is 17.9 Å². The van der Waals surface area contributed by atoms with Crippen LogP contribution in [0.2, 0.25) is 0 Å². The molecule has 0 unspecified atom stereocenters. The number of aromatic carboxylic acids is 1. The van der Waals surface area contributed by atoms with E-state index >= 15 is 0 Å². The Kier molecular flexibility index (Phi) is 4.44. The van der Waals surface area contributed by atoms with Crippen LogP contribution < -0.4 is 4.74 Å². The first-order valence-corrected chi connectivity index (χ1v) is 6.99. The summed E-state index contributed by atoms with van der Waals surface area (Å²) >= 11 is 3.50. The summed E-state index contributed by atoms with van der Waals surface area (Å²) in [5.74, 6) is -0.648. The summed E-state index contributed by atoms with van der Waals surface area (Å²) in [6, 6.07) is 6.59. The molecule has 0 spiro atoms. The number of halogens is 1. The Balaban J connectivity index is 2.21. The van der Waals surface area contributed by atoms with E-state index in [9.17, 15) is 4.79 Å². The fourth-order valence-electron chi connectivity index (χ4n) is 1.89. The summed E-state index contributed by atoms with van der Waals surface area (Å²) in [5, 5.41) is 13.5. The molecule has 0 aliphatic carbocycles. The van der Waals surface area contributed by atoms with E-state index in [1.165, 1.54) is 6.07 Å². The molecule has 6 heteroatoms. The molecule has 0 radical (unpaired) electrons. The first kappa shape index (κ1) is 14.6. The van der Waals surface area contributed by atoms with Crippen molar-refractivity contribution in [2.75, 3.05) is 0 Å². The van der Waals surface area contributed by atoms with E-state index in [1.807, 2.05) is 14.0 Å². The lowest BCUT2D eigenvalue weighted by molar-refractivity contribution is 0.0691. The number of para-hydroxylation sites is 1. The van der Waals surface area contributed by atoms with Crippen molar-refractivity contribution in [1.82, 2.24) is 9.78 Å². The summed E-state index contributed by atoms with van der Waals surface area (Å²) in [6.07, 6.45) is 0.820. The predicted octanol–water partition coefficient (Wildman–Crippen LogP) is 3.02. The van der Waals surface area contributed by atoms with E-state index in [0.29, 0.717) is 5.75 Å². The molecule has 0 bridgehead atoms. The van der Waals surface area contributed by atoms with Crippen LogP contribution in [0.4, 0.5) is 0 Å². The van der Waals surface area contributed by atoms with Crippen LogP contribution in [0.25, 0.3) is 0 Å². The lowest BCUT2D eigenvalue weighted by atomic mass is 10.2. The lowest BCUT2D eigenvalue weighted by Crippen LogP contribution is -2.06. The average molecular weight is 339 g/mol. The molecule has 0 fully saturated rings. The van der Waals surface area contributed by atoms with Crippen LogP contribution in [0.5, 0.6) is 5.75 Å². The number of aryl methyl sites for hydroxylation is 2. The summed E-state index contributed by atoms with van der Waals surface area (Å²) in [4.78, 5) is 11.1. The number of nitrogens with zero attached hydrogens (tertiary/aromatic N) is 2. The topological polar surface area (TPSA) is 64.4 Å². The van der Waals surface area contributed by atoms with Gasteiger partial charge in [-0.05, 0) is 34.5 Å². The smallest absolute Gasteiger partial charge is 0.339 e. The molecule has 0 aliphatic rings. The second-order valence-electron chi connectivity index (χ2n) is 4.27. The molecule has 106 valence electrons. The Morgan fingerprint density at radius 2 is 2.15 bits per heavy atom. The zero-order valence-electron chi connectivity index (χ0n) is 11.3. The van der Waals surface area contributed by atoms with Crippen LogP contribution in [0, 0.1) is 0 Å². The Labute approximate surface area is 125 Å². The molecule has 1 N–H and O–H groups in total. The molecule has 0 saturated carbocycles. The molecule has 2 aromatic rings. The van der Waals surface area contributed by atoms with Gasteiger partial charge in [0, 0.05) is 7.05 Å². The number of carboxylic acid groups (broad SMARTS) is 1. The lowest BCUT2D eigenvalue weighted by Gasteiger charge is -2.09. The Bertz CT molecular complexity index is 637. The highest BCUT2D eigenvalue weighted by Crippen LogP contribution is 2.24. The number of carbonyl (C=O) groups is 1. The van der Waals surface area contributed by atoms with E-state index in [0.717, 1.165) is 22.3 Å². The van der Waals surface area contributed by atoms with Gasteiger partial charge in [-0.15, -0.1) is 0 Å². The van der Waals surface area contributed by atoms with Crippen molar-refractivity contribution < 1.29 is 14.6 Å². The minimum Gasteiger partial charge on any atom is -0.486 e. The van der Waals surface area contributed by atoms with Crippen molar-refractivity contribution in [3.8, 4) is 5.75 Å². The van der Waals surface area contributed by atoms with Crippen LogP contribution in [-0.4, -0.2) is 20.9 Å². The third kappa shape index (κ3) is 2.85. The van der Waals surface area contributed by atoms with Gasteiger partial charge in [-0.2, -0.15) is 5.10 Å². The van der Waals surface area contributed by atoms with Crippen molar-refractivity contribution in [1.29, 1.82) is 0 Å². The molecule has 1 aromatic carbocycles. The van der Waals surface area contributed by atoms with E-state index in [2.05, 4.69) is 21.0 Å². The number of ether oxygens (including phenoxy) is 1. The number of rotatable bonds is 5. The van der Waals surface area contributed by atoms with Crippen molar-refractivity contribution >= 4 is 21.9 Å². The number of carboxylic acids is 1. The second kappa shape index (κ2) is 6.09. The van der Waals surface area contributed by atoms with Gasteiger partial charge in [-0.3, -0.25) is 4.68 Å². The van der Waals surface area contributed by atoms with Crippen LogP contribution in [0.1, 0.15) is 28.7 Å². The molecule has 1 heterocycles. The SMILES string of the molecule is CCc1nn(C)c(COc2ccccc2C(=O)O)c1Br. The zero-order valence-corrected chi connectivity index (χ0v) is 12.8.